The van der Waals surface area contributed by atoms with E-state index in [0.717, 1.165) is 16.8 Å². The molecule has 2 aromatic carbocycles. The summed E-state index contributed by atoms with van der Waals surface area (Å²) in [5.74, 6) is -1.25. The van der Waals surface area contributed by atoms with Crippen LogP contribution >= 0.6 is 0 Å². The van der Waals surface area contributed by atoms with Gasteiger partial charge in [-0.3, -0.25) is 9.59 Å². The van der Waals surface area contributed by atoms with Gasteiger partial charge in [-0.05, 0) is 48.7 Å². The van der Waals surface area contributed by atoms with Crippen LogP contribution in [0.15, 0.2) is 65.9 Å². The minimum Gasteiger partial charge on any atom is -0.309 e. The molecule has 3 N–H and O–H groups in total. The van der Waals surface area contributed by atoms with Crippen molar-refractivity contribution in [2.24, 2.45) is 5.92 Å². The summed E-state index contributed by atoms with van der Waals surface area (Å²) in [6.07, 6.45) is 1.06. The zero-order valence-electron chi connectivity index (χ0n) is 15.0. The number of hydrazine groups is 1. The number of carbonyl (C=O) groups excluding carboxylic acids is 2. The Morgan fingerprint density at radius 3 is 2.56 bits per heavy atom. The van der Waals surface area contributed by atoms with E-state index in [4.69, 9.17) is 0 Å². The third-order valence-electron chi connectivity index (χ3n) is 4.77. The molecule has 140 valence electrons. The standard InChI is InChI=1S/C21H22FN3O2/c1-14(24-25-17-9-7-16(22)8-10-17)18-12-23-19(21(18)20(27)13-26)11-15-5-3-2-4-6-15/h2-10,13,19,21,23-25H,11-12H2,1H3. The van der Waals surface area contributed by atoms with Crippen LogP contribution in [0.1, 0.15) is 12.5 Å². The number of hydrogen-bond acceptors (Lipinski definition) is 5. The fraction of sp³-hybridized carbons (Fsp3) is 0.238. The second-order valence-corrected chi connectivity index (χ2v) is 6.58. The number of rotatable bonds is 7. The Labute approximate surface area is 157 Å². The van der Waals surface area contributed by atoms with Crippen LogP contribution in [0.2, 0.25) is 0 Å². The van der Waals surface area contributed by atoms with Crippen LogP contribution in [0, 0.1) is 11.7 Å². The van der Waals surface area contributed by atoms with Crippen LogP contribution in [0.3, 0.4) is 0 Å². The van der Waals surface area contributed by atoms with Gasteiger partial charge in [0.05, 0.1) is 11.6 Å². The summed E-state index contributed by atoms with van der Waals surface area (Å²) in [7, 11) is 0. The fourth-order valence-corrected chi connectivity index (χ4v) is 3.36. The monoisotopic (exact) mass is 367 g/mol. The number of aldehydes is 1. The van der Waals surface area contributed by atoms with Gasteiger partial charge in [-0.2, -0.15) is 0 Å². The molecule has 2 unspecified atom stereocenters. The molecule has 1 saturated heterocycles. The number of carbonyl (C=O) groups is 2. The van der Waals surface area contributed by atoms with Gasteiger partial charge in [0.25, 0.3) is 0 Å². The van der Waals surface area contributed by atoms with Gasteiger partial charge in [0, 0.05) is 18.3 Å². The predicted octanol–water partition coefficient (Wildman–Crippen LogP) is 2.61. The largest absolute Gasteiger partial charge is 0.309 e. The van der Waals surface area contributed by atoms with Gasteiger partial charge < -0.3 is 16.2 Å². The average Bonchev–Trinajstić information content (AvgIpc) is 3.11. The molecule has 1 aliphatic heterocycles. The van der Waals surface area contributed by atoms with Gasteiger partial charge in [-0.25, -0.2) is 4.39 Å². The highest BCUT2D eigenvalue weighted by Gasteiger charge is 2.37. The molecule has 0 saturated carbocycles. The maximum atomic E-state index is 13.0. The van der Waals surface area contributed by atoms with Crippen LogP contribution < -0.4 is 16.2 Å². The van der Waals surface area contributed by atoms with Gasteiger partial charge in [-0.15, -0.1) is 0 Å². The Morgan fingerprint density at radius 2 is 1.89 bits per heavy atom. The third kappa shape index (κ3) is 4.60. The maximum absolute atomic E-state index is 13.0. The van der Waals surface area contributed by atoms with Crippen molar-refractivity contribution in [3.05, 3.63) is 77.2 Å². The first-order chi connectivity index (χ1) is 13.1. The molecule has 5 nitrogen and oxygen atoms in total. The van der Waals surface area contributed by atoms with Crippen LogP contribution in [-0.2, 0) is 16.0 Å². The lowest BCUT2D eigenvalue weighted by atomic mass is 9.87. The van der Waals surface area contributed by atoms with Gasteiger partial charge in [0.15, 0.2) is 6.29 Å². The number of Topliss-reactive ketones (excluding diaryl/α,β-unsaturated/α-hetero) is 1. The van der Waals surface area contributed by atoms with E-state index in [0.29, 0.717) is 24.9 Å². The van der Waals surface area contributed by atoms with Crippen molar-refractivity contribution in [3.63, 3.8) is 0 Å². The summed E-state index contributed by atoms with van der Waals surface area (Å²) >= 11 is 0. The molecule has 0 bridgehead atoms. The molecule has 0 aliphatic carbocycles. The molecule has 0 radical (unpaired) electrons. The molecular weight excluding hydrogens is 345 g/mol. The lowest BCUT2D eigenvalue weighted by Gasteiger charge is -2.19. The van der Waals surface area contributed by atoms with Gasteiger partial charge >= 0.3 is 0 Å². The number of anilines is 1. The van der Waals surface area contributed by atoms with Gasteiger partial charge in [-0.1, -0.05) is 30.3 Å². The molecule has 0 amide bonds. The minimum atomic E-state index is -0.509. The molecule has 1 heterocycles. The Morgan fingerprint density at radius 1 is 1.19 bits per heavy atom. The summed E-state index contributed by atoms with van der Waals surface area (Å²) < 4.78 is 13.0. The van der Waals surface area contributed by atoms with Crippen LogP contribution in [0.5, 0.6) is 0 Å². The van der Waals surface area contributed by atoms with E-state index in [1.54, 1.807) is 12.1 Å². The topological polar surface area (TPSA) is 70.2 Å². The Kier molecular flexibility index (Phi) is 5.98. The molecule has 1 fully saturated rings. The second kappa shape index (κ2) is 8.60. The Balaban J connectivity index is 1.75. The minimum absolute atomic E-state index is 0.136. The predicted molar refractivity (Wildman–Crippen MR) is 102 cm³/mol. The van der Waals surface area contributed by atoms with Crippen molar-refractivity contribution in [2.75, 3.05) is 12.0 Å². The van der Waals surface area contributed by atoms with Crippen molar-refractivity contribution in [2.45, 2.75) is 19.4 Å². The summed E-state index contributed by atoms with van der Waals surface area (Å²) in [6.45, 7) is 2.37. The first-order valence-electron chi connectivity index (χ1n) is 8.82. The third-order valence-corrected chi connectivity index (χ3v) is 4.77. The first kappa shape index (κ1) is 18.8. The SMILES string of the molecule is CC(NNc1ccc(F)cc1)=C1CNC(Cc2ccccc2)C1C(=O)C=O. The zero-order valence-corrected chi connectivity index (χ0v) is 15.0. The van der Waals surface area contributed by atoms with Crippen molar-refractivity contribution < 1.29 is 14.0 Å². The quantitative estimate of drug-likeness (QED) is 0.399. The van der Waals surface area contributed by atoms with E-state index in [1.807, 2.05) is 37.3 Å². The van der Waals surface area contributed by atoms with Gasteiger partial charge in [0.1, 0.15) is 5.82 Å². The molecule has 0 spiro atoms. The van der Waals surface area contributed by atoms with Crippen molar-refractivity contribution in [1.82, 2.24) is 10.7 Å². The highest BCUT2D eigenvalue weighted by molar-refractivity contribution is 6.27. The molecule has 1 aliphatic rings. The van der Waals surface area contributed by atoms with E-state index in [-0.39, 0.29) is 11.9 Å². The molecule has 27 heavy (non-hydrogen) atoms. The summed E-state index contributed by atoms with van der Waals surface area (Å²) in [4.78, 5) is 23.5. The smallest absolute Gasteiger partial charge is 0.203 e. The second-order valence-electron chi connectivity index (χ2n) is 6.58. The van der Waals surface area contributed by atoms with E-state index >= 15 is 0 Å². The summed E-state index contributed by atoms with van der Waals surface area (Å²) in [5, 5.41) is 3.35. The van der Waals surface area contributed by atoms with Crippen molar-refractivity contribution >= 4 is 17.8 Å². The fourth-order valence-electron chi connectivity index (χ4n) is 3.36. The van der Waals surface area contributed by atoms with E-state index in [2.05, 4.69) is 16.2 Å². The number of allylic oxidation sites excluding steroid dienone is 1. The summed E-state index contributed by atoms with van der Waals surface area (Å²) in [5.41, 5.74) is 9.46. The van der Waals surface area contributed by atoms with Crippen LogP contribution in [0.25, 0.3) is 0 Å². The molecular formula is C21H22FN3O2. The Bertz CT molecular complexity index is 834. The van der Waals surface area contributed by atoms with Crippen LogP contribution in [0.4, 0.5) is 10.1 Å². The molecule has 2 aromatic rings. The van der Waals surface area contributed by atoms with Crippen LogP contribution in [-0.4, -0.2) is 24.7 Å². The number of ketones is 1. The molecule has 0 aromatic heterocycles. The lowest BCUT2D eigenvalue weighted by molar-refractivity contribution is -0.132. The number of hydrogen-bond donors (Lipinski definition) is 3. The maximum Gasteiger partial charge on any atom is 0.203 e. The number of benzene rings is 2. The lowest BCUT2D eigenvalue weighted by Crippen LogP contribution is -2.34. The highest BCUT2D eigenvalue weighted by Crippen LogP contribution is 2.27. The average molecular weight is 367 g/mol. The van der Waals surface area contributed by atoms with E-state index in [9.17, 15) is 14.0 Å². The zero-order chi connectivity index (χ0) is 19.2. The van der Waals surface area contributed by atoms with E-state index in [1.165, 1.54) is 12.1 Å². The molecule has 3 rings (SSSR count). The van der Waals surface area contributed by atoms with Crippen molar-refractivity contribution in [1.29, 1.82) is 0 Å². The number of nitrogens with one attached hydrogen (secondary N) is 3. The number of halogens is 1. The Hall–Kier alpha value is -2.99. The highest BCUT2D eigenvalue weighted by atomic mass is 19.1. The first-order valence-corrected chi connectivity index (χ1v) is 8.82. The summed E-state index contributed by atoms with van der Waals surface area (Å²) in [6, 6.07) is 15.7. The van der Waals surface area contributed by atoms with Crippen molar-refractivity contribution in [3.8, 4) is 0 Å². The molecule has 2 atom stereocenters. The van der Waals surface area contributed by atoms with Gasteiger partial charge in [0.2, 0.25) is 5.78 Å². The van der Waals surface area contributed by atoms with E-state index < -0.39 is 11.7 Å². The molecule has 6 heteroatoms. The normalized spacial score (nSPS) is 20.8.